The third-order valence-electron chi connectivity index (χ3n) is 3.92. The molecule has 2 N–H and O–H groups in total. The summed E-state index contributed by atoms with van der Waals surface area (Å²) in [6, 6.07) is 8.35. The molecular formula is C17H23N5O. The van der Waals surface area contributed by atoms with Crippen LogP contribution in [0.1, 0.15) is 38.2 Å². The minimum atomic E-state index is 0.249. The molecule has 1 aromatic carbocycles. The van der Waals surface area contributed by atoms with E-state index in [-0.39, 0.29) is 6.10 Å². The number of aromatic nitrogens is 3. The fourth-order valence-corrected chi connectivity index (χ4v) is 2.55. The first-order valence-corrected chi connectivity index (χ1v) is 8.13. The number of nitrogens with one attached hydrogen (secondary N) is 2. The van der Waals surface area contributed by atoms with Crippen molar-refractivity contribution in [1.29, 1.82) is 0 Å². The predicted octanol–water partition coefficient (Wildman–Crippen LogP) is 3.33. The molecule has 2 heterocycles. The first-order valence-electron chi connectivity index (χ1n) is 8.13. The summed E-state index contributed by atoms with van der Waals surface area (Å²) in [5, 5.41) is 14.4. The second-order valence-electron chi connectivity index (χ2n) is 6.08. The van der Waals surface area contributed by atoms with Crippen LogP contribution >= 0.6 is 0 Å². The van der Waals surface area contributed by atoms with E-state index in [0.717, 1.165) is 25.1 Å². The van der Waals surface area contributed by atoms with Crippen LogP contribution in [-0.4, -0.2) is 34.4 Å². The van der Waals surface area contributed by atoms with Gasteiger partial charge in [-0.3, -0.25) is 0 Å². The lowest BCUT2D eigenvalue weighted by Crippen LogP contribution is -2.20. The fourth-order valence-electron chi connectivity index (χ4n) is 2.55. The van der Waals surface area contributed by atoms with Gasteiger partial charge in [0, 0.05) is 18.8 Å². The Morgan fingerprint density at radius 1 is 1.26 bits per heavy atom. The zero-order chi connectivity index (χ0) is 16.1. The molecule has 3 rings (SSSR count). The molecule has 1 aliphatic heterocycles. The molecule has 6 nitrogen and oxygen atoms in total. The zero-order valence-corrected chi connectivity index (χ0v) is 13.6. The van der Waals surface area contributed by atoms with Gasteiger partial charge in [-0.15, -0.1) is 5.10 Å². The summed E-state index contributed by atoms with van der Waals surface area (Å²) in [5.74, 6) is 1.72. The van der Waals surface area contributed by atoms with Gasteiger partial charge in [-0.05, 0) is 36.5 Å². The van der Waals surface area contributed by atoms with Crippen molar-refractivity contribution in [1.82, 2.24) is 15.2 Å². The molecule has 0 spiro atoms. The van der Waals surface area contributed by atoms with Gasteiger partial charge in [-0.2, -0.15) is 10.1 Å². The van der Waals surface area contributed by atoms with Gasteiger partial charge >= 0.3 is 0 Å². The van der Waals surface area contributed by atoms with Crippen molar-refractivity contribution in [3.8, 4) is 0 Å². The summed E-state index contributed by atoms with van der Waals surface area (Å²) < 4.78 is 5.58. The molecule has 1 saturated heterocycles. The minimum absolute atomic E-state index is 0.249. The second-order valence-corrected chi connectivity index (χ2v) is 6.08. The zero-order valence-electron chi connectivity index (χ0n) is 13.6. The van der Waals surface area contributed by atoms with Crippen molar-refractivity contribution < 1.29 is 4.74 Å². The molecule has 122 valence electrons. The maximum Gasteiger partial charge on any atom is 0.244 e. The first-order chi connectivity index (χ1) is 11.2. The Hall–Kier alpha value is -2.21. The quantitative estimate of drug-likeness (QED) is 0.852. The number of benzene rings is 1. The van der Waals surface area contributed by atoms with Crippen molar-refractivity contribution in [2.45, 2.75) is 38.7 Å². The Balaban J connectivity index is 1.60. The van der Waals surface area contributed by atoms with Crippen molar-refractivity contribution >= 4 is 17.5 Å². The molecule has 1 atom stereocenters. The smallest absolute Gasteiger partial charge is 0.244 e. The van der Waals surface area contributed by atoms with E-state index in [1.807, 2.05) is 0 Å². The number of hydrogen-bond donors (Lipinski definition) is 2. The first kappa shape index (κ1) is 15.7. The summed E-state index contributed by atoms with van der Waals surface area (Å²) in [6.45, 7) is 5.93. The SMILES string of the molecule is CC(C)c1ccc(Nc2cnnc(NCC3CCCO3)n2)cc1. The average Bonchev–Trinajstić information content (AvgIpc) is 3.07. The highest BCUT2D eigenvalue weighted by molar-refractivity contribution is 5.56. The Kier molecular flexibility index (Phi) is 5.02. The Morgan fingerprint density at radius 2 is 2.09 bits per heavy atom. The molecule has 0 bridgehead atoms. The Morgan fingerprint density at radius 3 is 2.78 bits per heavy atom. The molecule has 1 unspecified atom stereocenters. The van der Waals surface area contributed by atoms with E-state index in [1.54, 1.807) is 6.20 Å². The van der Waals surface area contributed by atoms with Gasteiger partial charge in [-0.25, -0.2) is 0 Å². The van der Waals surface area contributed by atoms with Gasteiger partial charge in [0.2, 0.25) is 5.95 Å². The molecule has 6 heteroatoms. The van der Waals surface area contributed by atoms with Crippen molar-refractivity contribution in [3.05, 3.63) is 36.0 Å². The third-order valence-corrected chi connectivity index (χ3v) is 3.92. The standard InChI is InChI=1S/C17H23N5O/c1-12(2)13-5-7-14(8-6-13)20-16-11-19-22-17(21-16)18-10-15-4-3-9-23-15/h5-8,11-12,15H,3-4,9-10H2,1-2H3,(H2,18,20,21,22). The molecule has 0 amide bonds. The maximum absolute atomic E-state index is 5.58. The number of anilines is 3. The van der Waals surface area contributed by atoms with Crippen molar-refractivity contribution in [3.63, 3.8) is 0 Å². The number of ether oxygens (including phenoxy) is 1. The van der Waals surface area contributed by atoms with E-state index in [2.05, 4.69) is 63.9 Å². The molecule has 1 aliphatic rings. The van der Waals surface area contributed by atoms with Gasteiger partial charge in [0.05, 0.1) is 12.3 Å². The molecule has 0 saturated carbocycles. The Labute approximate surface area is 136 Å². The third kappa shape index (κ3) is 4.39. The van der Waals surface area contributed by atoms with Crippen LogP contribution in [0.5, 0.6) is 0 Å². The van der Waals surface area contributed by atoms with Crippen LogP contribution in [0.25, 0.3) is 0 Å². The van der Waals surface area contributed by atoms with Crippen LogP contribution in [0.4, 0.5) is 17.5 Å². The van der Waals surface area contributed by atoms with Crippen LogP contribution in [0, 0.1) is 0 Å². The molecule has 0 radical (unpaired) electrons. The Bertz CT molecular complexity index is 623. The van der Waals surface area contributed by atoms with Crippen LogP contribution in [0.15, 0.2) is 30.5 Å². The molecule has 2 aromatic rings. The number of hydrogen-bond acceptors (Lipinski definition) is 6. The summed E-state index contributed by atoms with van der Waals surface area (Å²) >= 11 is 0. The minimum Gasteiger partial charge on any atom is -0.376 e. The summed E-state index contributed by atoms with van der Waals surface area (Å²) in [5.41, 5.74) is 2.30. The van der Waals surface area contributed by atoms with Crippen molar-refractivity contribution in [2.75, 3.05) is 23.8 Å². The summed E-state index contributed by atoms with van der Waals surface area (Å²) in [6.07, 6.45) is 4.08. The van der Waals surface area contributed by atoms with E-state index in [1.165, 1.54) is 5.56 Å². The van der Waals surface area contributed by atoms with E-state index >= 15 is 0 Å². The van der Waals surface area contributed by atoms with Gasteiger partial charge in [0.1, 0.15) is 0 Å². The monoisotopic (exact) mass is 313 g/mol. The normalized spacial score (nSPS) is 17.4. The van der Waals surface area contributed by atoms with Gasteiger partial charge in [-0.1, -0.05) is 26.0 Å². The van der Waals surface area contributed by atoms with E-state index in [9.17, 15) is 0 Å². The van der Waals surface area contributed by atoms with Crippen LogP contribution < -0.4 is 10.6 Å². The number of rotatable bonds is 6. The highest BCUT2D eigenvalue weighted by Gasteiger charge is 2.15. The van der Waals surface area contributed by atoms with Gasteiger partial charge < -0.3 is 15.4 Å². The maximum atomic E-state index is 5.58. The van der Waals surface area contributed by atoms with E-state index in [4.69, 9.17) is 4.74 Å². The molecule has 23 heavy (non-hydrogen) atoms. The topological polar surface area (TPSA) is 72.0 Å². The highest BCUT2D eigenvalue weighted by atomic mass is 16.5. The lowest BCUT2D eigenvalue weighted by Gasteiger charge is -2.11. The fraction of sp³-hybridized carbons (Fsp3) is 0.471. The van der Waals surface area contributed by atoms with Crippen LogP contribution in [-0.2, 0) is 4.74 Å². The number of nitrogens with zero attached hydrogens (tertiary/aromatic N) is 3. The van der Waals surface area contributed by atoms with Crippen molar-refractivity contribution in [2.24, 2.45) is 0 Å². The van der Waals surface area contributed by atoms with Gasteiger partial charge in [0.25, 0.3) is 0 Å². The average molecular weight is 313 g/mol. The lowest BCUT2D eigenvalue weighted by molar-refractivity contribution is 0.120. The van der Waals surface area contributed by atoms with E-state index in [0.29, 0.717) is 24.2 Å². The highest BCUT2D eigenvalue weighted by Crippen LogP contribution is 2.19. The predicted molar refractivity (Wildman–Crippen MR) is 91.1 cm³/mol. The summed E-state index contributed by atoms with van der Waals surface area (Å²) in [7, 11) is 0. The largest absolute Gasteiger partial charge is 0.376 e. The van der Waals surface area contributed by atoms with E-state index < -0.39 is 0 Å². The lowest BCUT2D eigenvalue weighted by atomic mass is 10.0. The molecular weight excluding hydrogens is 290 g/mol. The summed E-state index contributed by atoms with van der Waals surface area (Å²) in [4.78, 5) is 4.44. The molecule has 1 aromatic heterocycles. The molecule has 0 aliphatic carbocycles. The second kappa shape index (κ2) is 7.37. The molecule has 1 fully saturated rings. The van der Waals surface area contributed by atoms with Crippen LogP contribution in [0.2, 0.25) is 0 Å². The van der Waals surface area contributed by atoms with Gasteiger partial charge in [0.15, 0.2) is 5.82 Å². The van der Waals surface area contributed by atoms with Crippen LogP contribution in [0.3, 0.4) is 0 Å².